The van der Waals surface area contributed by atoms with Gasteiger partial charge in [0.2, 0.25) is 29.2 Å². The van der Waals surface area contributed by atoms with Crippen molar-refractivity contribution < 1.29 is 14.6 Å². The van der Waals surface area contributed by atoms with Crippen LogP contribution in [0.15, 0.2) is 119 Å². The van der Waals surface area contributed by atoms with Crippen LogP contribution in [0, 0.1) is 0 Å². The Morgan fingerprint density at radius 3 is 1.87 bits per heavy atom. The van der Waals surface area contributed by atoms with E-state index < -0.39 is 0 Å². The fourth-order valence-electron chi connectivity index (χ4n) is 6.77. The SMILES string of the molecule is CC(=O)Nc1ccc(N2C=C(Nc3cc(C4CC4)[nH]n3)[NH+]3C=CN=C3C2)cc1.Clc1ccccc1N1C=C(Nc2cc(C3CC3)[nH]n2)[NH+]2C=CN=C2C1. The Labute approximate surface area is 311 Å². The lowest BCUT2D eigenvalue weighted by Crippen LogP contribution is -3.10. The van der Waals surface area contributed by atoms with Crippen LogP contribution in [-0.2, 0) is 4.79 Å². The summed E-state index contributed by atoms with van der Waals surface area (Å²) in [6, 6.07) is 19.8. The van der Waals surface area contributed by atoms with Gasteiger partial charge in [0.25, 0.3) is 0 Å². The summed E-state index contributed by atoms with van der Waals surface area (Å²) in [6.07, 6.45) is 16.9. The fraction of sp³-hybridized carbons (Fsp3) is 0.237. The van der Waals surface area contributed by atoms with E-state index in [1.807, 2.05) is 73.3 Å². The molecule has 0 spiro atoms. The van der Waals surface area contributed by atoms with E-state index in [-0.39, 0.29) is 5.91 Å². The second-order valence-electron chi connectivity index (χ2n) is 13.8. The van der Waals surface area contributed by atoms with Crippen LogP contribution in [0.1, 0.15) is 55.8 Å². The van der Waals surface area contributed by atoms with Crippen molar-refractivity contribution in [1.82, 2.24) is 20.4 Å². The number of halogens is 1. The van der Waals surface area contributed by atoms with Crippen LogP contribution in [0.5, 0.6) is 0 Å². The zero-order valence-corrected chi connectivity index (χ0v) is 29.9. The molecule has 6 aliphatic rings. The molecule has 268 valence electrons. The van der Waals surface area contributed by atoms with Gasteiger partial charge in [-0.05, 0) is 62.1 Å². The van der Waals surface area contributed by atoms with E-state index in [0.717, 1.165) is 66.8 Å². The van der Waals surface area contributed by atoms with Crippen molar-refractivity contribution in [3.8, 4) is 0 Å². The average molecular weight is 730 g/mol. The molecule has 6 heterocycles. The van der Waals surface area contributed by atoms with Crippen LogP contribution in [0.4, 0.5) is 28.7 Å². The highest BCUT2D eigenvalue weighted by Crippen LogP contribution is 2.40. The number of rotatable bonds is 9. The Kier molecular flexibility index (Phi) is 8.62. The minimum atomic E-state index is -0.0766. The third-order valence-corrected chi connectivity index (χ3v) is 10.1. The molecule has 4 aliphatic heterocycles. The molecule has 2 aromatic carbocycles. The lowest BCUT2D eigenvalue weighted by Gasteiger charge is -2.29. The molecule has 53 heavy (non-hydrogen) atoms. The van der Waals surface area contributed by atoms with Crippen molar-refractivity contribution in [3.63, 3.8) is 0 Å². The molecule has 14 nitrogen and oxygen atoms in total. The van der Waals surface area contributed by atoms with E-state index in [4.69, 9.17) is 11.6 Å². The van der Waals surface area contributed by atoms with E-state index in [9.17, 15) is 4.79 Å². The van der Waals surface area contributed by atoms with Gasteiger partial charge in [-0.15, -0.1) is 0 Å². The van der Waals surface area contributed by atoms with Crippen molar-refractivity contribution in [2.24, 2.45) is 9.98 Å². The number of amides is 1. The Morgan fingerprint density at radius 2 is 1.32 bits per heavy atom. The smallest absolute Gasteiger partial charge is 0.232 e. The fourth-order valence-corrected chi connectivity index (χ4v) is 7.01. The molecule has 2 unspecified atom stereocenters. The normalized spacial score (nSPS) is 21.1. The second kappa shape index (κ2) is 13.9. The third kappa shape index (κ3) is 7.24. The van der Waals surface area contributed by atoms with Crippen molar-refractivity contribution in [2.45, 2.75) is 44.4 Å². The lowest BCUT2D eigenvalue weighted by molar-refractivity contribution is -0.698. The molecule has 2 fully saturated rings. The third-order valence-electron chi connectivity index (χ3n) is 9.79. The van der Waals surface area contributed by atoms with Crippen molar-refractivity contribution in [1.29, 1.82) is 0 Å². The second-order valence-corrected chi connectivity index (χ2v) is 14.3. The standard InChI is InChI=1S/C20H21N7O.C18H17ClN6/c1-13(28)22-15-4-6-16(7-5-15)26-11-19-21-8-9-27(19)20(12-26)23-18-10-17(24-25-18)14-2-3-14;19-13-3-1-2-4-15(13)24-10-17-20-7-8-25(17)18(11-24)21-16-9-14(22-23-16)12-5-6-12/h4-10,12,14H,2-3,11H2,1H3,(H,22,28)(H2,23,24,25);1-4,7-9,11-12H,5-6,10H2,(H2,21,22,23)/p+2. The van der Waals surface area contributed by atoms with Gasteiger partial charge in [-0.3, -0.25) is 25.6 Å². The average Bonchev–Trinajstić information content (AvgIpc) is 3.93. The number of aromatic amines is 2. The van der Waals surface area contributed by atoms with Gasteiger partial charge in [0, 0.05) is 53.7 Å². The number of anilines is 5. The molecule has 0 saturated heterocycles. The first kappa shape index (κ1) is 32.9. The zero-order valence-electron chi connectivity index (χ0n) is 29.1. The number of hydrogen-bond acceptors (Lipinski definition) is 9. The molecule has 2 atom stereocenters. The predicted molar refractivity (Wildman–Crippen MR) is 207 cm³/mol. The van der Waals surface area contributed by atoms with Gasteiger partial charge < -0.3 is 15.1 Å². The molecule has 15 heteroatoms. The highest BCUT2D eigenvalue weighted by atomic mass is 35.5. The summed E-state index contributed by atoms with van der Waals surface area (Å²) in [5, 5.41) is 25.5. The largest absolute Gasteiger partial charge is 0.329 e. The number of fused-ring (bicyclic) bond motifs is 2. The molecular formula is C38H40ClN13O+2. The minimum Gasteiger partial charge on any atom is -0.329 e. The number of H-pyrrole nitrogens is 2. The lowest BCUT2D eigenvalue weighted by atomic mass is 10.2. The van der Waals surface area contributed by atoms with Crippen LogP contribution >= 0.6 is 11.6 Å². The number of aromatic nitrogens is 4. The quantitative estimate of drug-likeness (QED) is 0.137. The van der Waals surface area contributed by atoms with Crippen LogP contribution in [0.2, 0.25) is 5.02 Å². The van der Waals surface area contributed by atoms with Gasteiger partial charge in [0.05, 0.1) is 35.5 Å². The highest BCUT2D eigenvalue weighted by molar-refractivity contribution is 6.33. The van der Waals surface area contributed by atoms with Gasteiger partial charge >= 0.3 is 0 Å². The van der Waals surface area contributed by atoms with Gasteiger partial charge in [-0.1, -0.05) is 23.7 Å². The number of nitrogens with zero attached hydrogens (tertiary/aromatic N) is 6. The summed E-state index contributed by atoms with van der Waals surface area (Å²) in [4.78, 5) is 26.7. The van der Waals surface area contributed by atoms with Crippen LogP contribution in [0.25, 0.3) is 0 Å². The Morgan fingerprint density at radius 1 is 0.774 bits per heavy atom. The zero-order chi connectivity index (χ0) is 35.9. The molecule has 7 N–H and O–H groups in total. The molecule has 0 bridgehead atoms. The van der Waals surface area contributed by atoms with Gasteiger partial charge in [0.1, 0.15) is 25.5 Å². The van der Waals surface area contributed by atoms with Crippen LogP contribution < -0.4 is 35.6 Å². The maximum Gasteiger partial charge on any atom is 0.232 e. The summed E-state index contributed by atoms with van der Waals surface area (Å²) in [5.74, 6) is 6.87. The van der Waals surface area contributed by atoms with Crippen LogP contribution in [-0.4, -0.2) is 51.1 Å². The number of aliphatic imine (C=N–C) groups is 2. The first-order chi connectivity index (χ1) is 25.9. The number of para-hydroxylation sites is 1. The van der Waals surface area contributed by atoms with Gasteiger partial charge in [-0.2, -0.15) is 10.2 Å². The first-order valence-corrected chi connectivity index (χ1v) is 18.3. The summed E-state index contributed by atoms with van der Waals surface area (Å²) in [7, 11) is 0. The number of hydrogen-bond donors (Lipinski definition) is 7. The predicted octanol–water partition coefficient (Wildman–Crippen LogP) is 4.18. The Hall–Kier alpha value is -5.96. The van der Waals surface area contributed by atoms with E-state index in [1.165, 1.54) is 44.0 Å². The molecule has 1 amide bonds. The maximum atomic E-state index is 11.2. The minimum absolute atomic E-state index is 0.0766. The number of nitrogens with one attached hydrogen (secondary N) is 7. The Bertz CT molecular complexity index is 2220. The summed E-state index contributed by atoms with van der Waals surface area (Å²) >= 11 is 6.38. The maximum absolute atomic E-state index is 11.2. The van der Waals surface area contributed by atoms with E-state index in [1.54, 1.807) is 0 Å². The van der Waals surface area contributed by atoms with E-state index >= 15 is 0 Å². The number of carbonyl (C=O) groups excluding carboxylic acids is 1. The van der Waals surface area contributed by atoms with Gasteiger partial charge in [0.15, 0.2) is 11.6 Å². The topological polar surface area (TPSA) is 151 Å². The monoisotopic (exact) mass is 729 g/mol. The molecule has 0 radical (unpaired) electrons. The summed E-state index contributed by atoms with van der Waals surface area (Å²) in [5.41, 5.74) is 5.19. The Balaban J connectivity index is 0.000000141. The summed E-state index contributed by atoms with van der Waals surface area (Å²) in [6.45, 7) is 2.90. The number of benzene rings is 2. The molecular weight excluding hydrogens is 690 g/mol. The molecule has 2 aromatic heterocycles. The summed E-state index contributed by atoms with van der Waals surface area (Å²) < 4.78 is 0. The van der Waals surface area contributed by atoms with Gasteiger partial charge in [-0.25, -0.2) is 19.8 Å². The first-order valence-electron chi connectivity index (χ1n) is 17.9. The van der Waals surface area contributed by atoms with E-state index in [2.05, 4.69) is 80.7 Å². The number of carbonyl (C=O) groups is 1. The molecule has 4 aromatic rings. The highest BCUT2D eigenvalue weighted by Gasteiger charge is 2.34. The molecule has 2 aliphatic carbocycles. The number of quaternary nitrogens is 2. The molecule has 10 rings (SSSR count). The molecule has 2 saturated carbocycles. The number of amidine groups is 2. The van der Waals surface area contributed by atoms with Crippen LogP contribution in [0.3, 0.4) is 0 Å². The van der Waals surface area contributed by atoms with E-state index in [0.29, 0.717) is 24.9 Å². The van der Waals surface area contributed by atoms with Crippen molar-refractivity contribution in [3.05, 3.63) is 126 Å². The van der Waals surface area contributed by atoms with Crippen molar-refractivity contribution in [2.75, 3.05) is 38.8 Å². The van der Waals surface area contributed by atoms with Crippen molar-refractivity contribution >= 4 is 57.9 Å².